The molecule has 0 amide bonds. The summed E-state index contributed by atoms with van der Waals surface area (Å²) in [5, 5.41) is 0. The number of rotatable bonds is 6. The van der Waals surface area contributed by atoms with Crippen LogP contribution in [0.2, 0.25) is 0 Å². The first-order valence-electron chi connectivity index (χ1n) is 11.7. The lowest BCUT2D eigenvalue weighted by Crippen LogP contribution is -2.25. The third-order valence-electron chi connectivity index (χ3n) is 7.13. The van der Waals surface area contributed by atoms with Gasteiger partial charge >= 0.3 is 6.18 Å². The molecule has 2 aliphatic carbocycles. The zero-order valence-electron chi connectivity index (χ0n) is 18.2. The fourth-order valence-electron chi connectivity index (χ4n) is 5.36. The first-order valence-corrected chi connectivity index (χ1v) is 11.7. The summed E-state index contributed by atoms with van der Waals surface area (Å²) in [6.07, 6.45) is 11.7. The topological polar surface area (TPSA) is 0 Å². The minimum absolute atomic E-state index is 0.0780. The quantitative estimate of drug-likeness (QED) is 0.306. The molecule has 0 N–H and O–H groups in total. The second-order valence-electron chi connectivity index (χ2n) is 9.28. The Morgan fingerprint density at radius 2 is 1.42 bits per heavy atom. The number of benzene rings is 1. The predicted octanol–water partition coefficient (Wildman–Crippen LogP) is 8.98. The molecule has 0 atom stereocenters. The molecule has 0 saturated heterocycles. The maximum absolute atomic E-state index is 14.3. The lowest BCUT2D eigenvalue weighted by molar-refractivity contribution is -0.0790. The Kier molecular flexibility index (Phi) is 8.35. The van der Waals surface area contributed by atoms with Gasteiger partial charge in [-0.2, -0.15) is 13.2 Å². The van der Waals surface area contributed by atoms with E-state index >= 15 is 0 Å². The number of hydrogen-bond donors (Lipinski definition) is 0. The van der Waals surface area contributed by atoms with E-state index in [2.05, 4.69) is 19.1 Å². The molecule has 0 nitrogen and oxygen atoms in total. The number of hydrogen-bond acceptors (Lipinski definition) is 0. The summed E-state index contributed by atoms with van der Waals surface area (Å²) in [7, 11) is 0. The molecule has 0 aromatic heterocycles. The third kappa shape index (κ3) is 6.92. The van der Waals surface area contributed by atoms with Crippen molar-refractivity contribution in [2.24, 2.45) is 17.8 Å². The number of allylic oxidation sites excluding steroid dienone is 3. The van der Waals surface area contributed by atoms with Crippen molar-refractivity contribution < 1.29 is 22.0 Å². The normalized spacial score (nSPS) is 27.9. The highest BCUT2D eigenvalue weighted by molar-refractivity contribution is 5.52. The van der Waals surface area contributed by atoms with Gasteiger partial charge in [0.05, 0.1) is 0 Å². The molecule has 2 aliphatic rings. The van der Waals surface area contributed by atoms with Gasteiger partial charge in [0.25, 0.3) is 0 Å². The van der Waals surface area contributed by atoms with Crippen LogP contribution in [0, 0.1) is 29.4 Å². The van der Waals surface area contributed by atoms with Crippen LogP contribution >= 0.6 is 0 Å². The molecule has 2 fully saturated rings. The Bertz CT molecular complexity index is 737. The van der Waals surface area contributed by atoms with Gasteiger partial charge in [-0.05, 0) is 105 Å². The zero-order chi connectivity index (χ0) is 22.4. The molecule has 0 unspecified atom stereocenters. The van der Waals surface area contributed by atoms with Gasteiger partial charge in [-0.3, -0.25) is 0 Å². The maximum atomic E-state index is 14.3. The summed E-state index contributed by atoms with van der Waals surface area (Å²) < 4.78 is 65.5. The van der Waals surface area contributed by atoms with Gasteiger partial charge < -0.3 is 0 Å². The molecule has 5 heteroatoms. The SMILES string of the molecule is CCC/C=C/C1CCC(C2CCC(c3cc(F)c(/C=C/C(F)(F)F)c(F)c3)CC2)CC1. The minimum Gasteiger partial charge on any atom is -0.206 e. The Morgan fingerprint density at radius 3 is 1.94 bits per heavy atom. The monoisotopic (exact) mass is 440 g/mol. The molecule has 0 aliphatic heterocycles. The van der Waals surface area contributed by atoms with Crippen molar-refractivity contribution in [3.63, 3.8) is 0 Å². The van der Waals surface area contributed by atoms with E-state index < -0.39 is 23.4 Å². The van der Waals surface area contributed by atoms with E-state index in [9.17, 15) is 22.0 Å². The lowest BCUT2D eigenvalue weighted by atomic mass is 9.68. The standard InChI is InChI=1S/C26H33F5/c1-2-3-4-5-18-6-8-19(9-7-18)20-10-12-21(13-11-20)22-16-24(27)23(25(28)17-22)14-15-26(29,30)31/h4-5,14-21H,2-3,6-13H2,1H3/b5-4+,15-14+. The smallest absolute Gasteiger partial charge is 0.206 e. The van der Waals surface area contributed by atoms with Gasteiger partial charge in [0.1, 0.15) is 11.6 Å². The van der Waals surface area contributed by atoms with Gasteiger partial charge in [-0.25, -0.2) is 8.78 Å². The van der Waals surface area contributed by atoms with Crippen LogP contribution in [0.5, 0.6) is 0 Å². The van der Waals surface area contributed by atoms with E-state index in [-0.39, 0.29) is 12.0 Å². The van der Waals surface area contributed by atoms with E-state index in [1.54, 1.807) is 0 Å². The summed E-state index contributed by atoms with van der Waals surface area (Å²) in [6, 6.07) is 2.44. The van der Waals surface area contributed by atoms with E-state index in [0.717, 1.165) is 43.9 Å². The predicted molar refractivity (Wildman–Crippen MR) is 116 cm³/mol. The Labute approximate surface area is 182 Å². The fraction of sp³-hybridized carbons (Fsp3) is 0.615. The van der Waals surface area contributed by atoms with E-state index in [1.807, 2.05) is 0 Å². The van der Waals surface area contributed by atoms with Gasteiger partial charge in [-0.15, -0.1) is 0 Å². The van der Waals surface area contributed by atoms with Gasteiger partial charge in [0.2, 0.25) is 0 Å². The average molecular weight is 441 g/mol. The Hall–Kier alpha value is -1.65. The van der Waals surface area contributed by atoms with Crippen LogP contribution in [-0.2, 0) is 0 Å². The molecule has 0 heterocycles. The van der Waals surface area contributed by atoms with Crippen molar-refractivity contribution in [1.29, 1.82) is 0 Å². The molecular formula is C26H33F5. The van der Waals surface area contributed by atoms with Crippen molar-refractivity contribution in [3.8, 4) is 0 Å². The van der Waals surface area contributed by atoms with E-state index in [4.69, 9.17) is 0 Å². The van der Waals surface area contributed by atoms with Crippen molar-refractivity contribution in [1.82, 2.24) is 0 Å². The molecule has 2 saturated carbocycles. The number of halogens is 5. The maximum Gasteiger partial charge on any atom is 0.409 e. The molecule has 0 bridgehead atoms. The molecule has 0 spiro atoms. The largest absolute Gasteiger partial charge is 0.409 e. The van der Waals surface area contributed by atoms with E-state index in [1.165, 1.54) is 44.2 Å². The van der Waals surface area contributed by atoms with Crippen LogP contribution in [0.15, 0.2) is 30.4 Å². The molecule has 31 heavy (non-hydrogen) atoms. The zero-order valence-corrected chi connectivity index (χ0v) is 18.2. The Balaban J connectivity index is 1.54. The molecule has 1 aromatic rings. The van der Waals surface area contributed by atoms with Crippen LogP contribution < -0.4 is 0 Å². The van der Waals surface area contributed by atoms with Crippen LogP contribution in [-0.4, -0.2) is 6.18 Å². The van der Waals surface area contributed by atoms with E-state index in [0.29, 0.717) is 17.6 Å². The van der Waals surface area contributed by atoms with Gasteiger partial charge in [0, 0.05) is 11.6 Å². The van der Waals surface area contributed by atoms with Crippen molar-refractivity contribution >= 4 is 6.08 Å². The average Bonchev–Trinajstić information content (AvgIpc) is 2.73. The third-order valence-corrected chi connectivity index (χ3v) is 7.13. The molecule has 1 aromatic carbocycles. The summed E-state index contributed by atoms with van der Waals surface area (Å²) >= 11 is 0. The summed E-state index contributed by atoms with van der Waals surface area (Å²) in [5.41, 5.74) is -0.0538. The molecule has 0 radical (unpaired) electrons. The first kappa shape index (κ1) is 24.0. The number of unbranched alkanes of at least 4 members (excludes halogenated alkanes) is 1. The molecular weight excluding hydrogens is 407 g/mol. The number of alkyl halides is 3. The highest BCUT2D eigenvalue weighted by atomic mass is 19.4. The van der Waals surface area contributed by atoms with Crippen LogP contribution in [0.1, 0.15) is 88.2 Å². The van der Waals surface area contributed by atoms with Crippen LogP contribution in [0.3, 0.4) is 0 Å². The van der Waals surface area contributed by atoms with Gasteiger partial charge in [0.15, 0.2) is 0 Å². The second kappa shape index (κ2) is 10.8. The molecule has 3 rings (SSSR count). The van der Waals surface area contributed by atoms with Crippen molar-refractivity contribution in [3.05, 3.63) is 53.1 Å². The van der Waals surface area contributed by atoms with Crippen molar-refractivity contribution in [2.75, 3.05) is 0 Å². The van der Waals surface area contributed by atoms with Gasteiger partial charge in [-0.1, -0.05) is 25.5 Å². The van der Waals surface area contributed by atoms with Crippen LogP contribution in [0.4, 0.5) is 22.0 Å². The second-order valence-corrected chi connectivity index (χ2v) is 9.28. The lowest BCUT2D eigenvalue weighted by Gasteiger charge is -2.37. The minimum atomic E-state index is -4.60. The summed E-state index contributed by atoms with van der Waals surface area (Å²) in [6.45, 7) is 2.19. The summed E-state index contributed by atoms with van der Waals surface area (Å²) in [4.78, 5) is 0. The first-order chi connectivity index (χ1) is 14.8. The Morgan fingerprint density at radius 1 is 0.871 bits per heavy atom. The fourth-order valence-corrected chi connectivity index (χ4v) is 5.36. The highest BCUT2D eigenvalue weighted by Crippen LogP contribution is 2.44. The van der Waals surface area contributed by atoms with Crippen molar-refractivity contribution in [2.45, 2.75) is 83.2 Å². The van der Waals surface area contributed by atoms with Crippen LogP contribution in [0.25, 0.3) is 6.08 Å². The highest BCUT2D eigenvalue weighted by Gasteiger charge is 2.31. The summed E-state index contributed by atoms with van der Waals surface area (Å²) in [5.74, 6) is 0.379. The molecule has 172 valence electrons.